The third-order valence-electron chi connectivity index (χ3n) is 11.2. The highest BCUT2D eigenvalue weighted by molar-refractivity contribution is 7.86. The summed E-state index contributed by atoms with van der Waals surface area (Å²) in [5.41, 5.74) is 0.818. The topological polar surface area (TPSA) is 289 Å². The first kappa shape index (κ1) is 52.0. The number of hydrogen-bond donors (Lipinski definition) is 5. The van der Waals surface area contributed by atoms with Crippen molar-refractivity contribution in [3.05, 3.63) is 71.5 Å². The summed E-state index contributed by atoms with van der Waals surface area (Å²) >= 11 is 0. The van der Waals surface area contributed by atoms with Gasteiger partial charge in [0, 0.05) is 61.0 Å². The van der Waals surface area contributed by atoms with E-state index in [1.54, 1.807) is 39.2 Å². The molecular weight excluding hydrogens is 909 g/mol. The van der Waals surface area contributed by atoms with E-state index in [9.17, 15) is 61.8 Å². The average molecular weight is 966 g/mol. The van der Waals surface area contributed by atoms with Crippen molar-refractivity contribution in [2.45, 2.75) is 85.8 Å². The maximum absolute atomic E-state index is 12.4. The Hall–Kier alpha value is -3.62. The number of methoxy groups -OCH3 is 1. The summed E-state index contributed by atoms with van der Waals surface area (Å²) < 4.78 is 154. The molecule has 2 aromatic rings. The normalized spacial score (nSPS) is 20.0. The molecule has 352 valence electrons. The number of carboxylic acids is 1. The molecule has 0 saturated carbocycles. The predicted molar refractivity (Wildman–Crippen MR) is 232 cm³/mol. The largest absolute Gasteiger partial charge is 0.481 e. The molecule has 2 aliphatic rings. The first-order chi connectivity index (χ1) is 29.3. The SMILES string of the molecule is COCCOCCOCCN1/C(=C/C=C/C2=[N+](CCCCCC(=O)O)c3ccc(S(=O)(=O)O)cc3C2(C)CCCS(=O)(=O)O)C(C)(CCCS(=O)(=O)O)c2cc(S(=O)(=O)O)ccc21. The van der Waals surface area contributed by atoms with Crippen molar-refractivity contribution in [3.8, 4) is 0 Å². The molecule has 2 heterocycles. The molecule has 0 fully saturated rings. The van der Waals surface area contributed by atoms with Gasteiger partial charge in [-0.3, -0.25) is 23.0 Å². The van der Waals surface area contributed by atoms with Gasteiger partial charge in [-0.15, -0.1) is 0 Å². The molecule has 2 unspecified atom stereocenters. The van der Waals surface area contributed by atoms with E-state index in [1.807, 2.05) is 9.48 Å². The second-order valence-electron chi connectivity index (χ2n) is 15.8. The molecule has 63 heavy (non-hydrogen) atoms. The molecule has 23 heteroatoms. The van der Waals surface area contributed by atoms with E-state index in [0.717, 1.165) is 0 Å². The fourth-order valence-corrected chi connectivity index (χ4v) is 10.2. The van der Waals surface area contributed by atoms with Gasteiger partial charge in [0.1, 0.15) is 6.54 Å². The number of carboxylic acid groups (broad SMARTS) is 1. The van der Waals surface area contributed by atoms with Gasteiger partial charge in [0.15, 0.2) is 5.71 Å². The summed E-state index contributed by atoms with van der Waals surface area (Å²) in [5.74, 6) is -2.15. The second-order valence-corrected chi connectivity index (χ2v) is 21.8. The molecular formula is C40H57N2O17S4+. The van der Waals surface area contributed by atoms with Gasteiger partial charge in [0.2, 0.25) is 5.69 Å². The van der Waals surface area contributed by atoms with Gasteiger partial charge in [-0.25, -0.2) is 0 Å². The van der Waals surface area contributed by atoms with Crippen molar-refractivity contribution in [2.75, 3.05) is 69.6 Å². The van der Waals surface area contributed by atoms with Crippen LogP contribution in [0.2, 0.25) is 0 Å². The number of fused-ring (bicyclic) bond motifs is 2. The quantitative estimate of drug-likeness (QED) is 0.0471. The fourth-order valence-electron chi connectivity index (χ4n) is 8.18. The number of benzene rings is 2. The van der Waals surface area contributed by atoms with Crippen LogP contribution in [0.1, 0.15) is 76.3 Å². The van der Waals surface area contributed by atoms with Crippen molar-refractivity contribution in [2.24, 2.45) is 0 Å². The Morgan fingerprint density at radius 1 is 0.714 bits per heavy atom. The van der Waals surface area contributed by atoms with E-state index in [4.69, 9.17) is 14.2 Å². The van der Waals surface area contributed by atoms with Crippen molar-refractivity contribution < 1.29 is 80.6 Å². The molecule has 0 saturated heterocycles. The highest BCUT2D eigenvalue weighted by Crippen LogP contribution is 2.51. The van der Waals surface area contributed by atoms with Crippen LogP contribution in [-0.4, -0.2) is 138 Å². The fraction of sp³-hybridized carbons (Fsp3) is 0.550. The van der Waals surface area contributed by atoms with Crippen LogP contribution in [0.3, 0.4) is 0 Å². The highest BCUT2D eigenvalue weighted by Gasteiger charge is 2.48. The Bertz CT molecular complexity index is 2520. The smallest absolute Gasteiger partial charge is 0.303 e. The average Bonchev–Trinajstić information content (AvgIpc) is 3.53. The van der Waals surface area contributed by atoms with Crippen LogP contribution in [0.5, 0.6) is 0 Å². The number of nitrogens with zero attached hydrogens (tertiary/aromatic N) is 2. The number of rotatable bonds is 27. The van der Waals surface area contributed by atoms with Gasteiger partial charge in [-0.2, -0.15) is 38.2 Å². The lowest BCUT2D eigenvalue weighted by atomic mass is 9.75. The van der Waals surface area contributed by atoms with Crippen LogP contribution in [-0.2, 0) is 70.3 Å². The molecule has 2 aliphatic heterocycles. The summed E-state index contributed by atoms with van der Waals surface area (Å²) in [6, 6.07) is 8.14. The summed E-state index contributed by atoms with van der Waals surface area (Å²) in [6.45, 7) is 5.50. The van der Waals surface area contributed by atoms with Crippen molar-refractivity contribution >= 4 is 63.5 Å². The first-order valence-electron chi connectivity index (χ1n) is 20.1. The molecule has 2 aromatic carbocycles. The Labute approximate surface area is 369 Å². The Morgan fingerprint density at radius 2 is 1.27 bits per heavy atom. The van der Waals surface area contributed by atoms with Crippen LogP contribution >= 0.6 is 0 Å². The van der Waals surface area contributed by atoms with Crippen molar-refractivity contribution in [1.29, 1.82) is 0 Å². The zero-order chi connectivity index (χ0) is 46.9. The van der Waals surface area contributed by atoms with Gasteiger partial charge in [-0.05, 0) is 94.3 Å². The van der Waals surface area contributed by atoms with Crippen LogP contribution in [0, 0.1) is 0 Å². The zero-order valence-electron chi connectivity index (χ0n) is 35.4. The minimum Gasteiger partial charge on any atom is -0.481 e. The third-order valence-corrected chi connectivity index (χ3v) is 14.5. The summed E-state index contributed by atoms with van der Waals surface area (Å²) in [4.78, 5) is 12.3. The molecule has 5 N–H and O–H groups in total. The standard InChI is InChI=1S/C40H56N2O17S4/c1-39(17-8-26-60(45,46)47)32-28-30(62(51,52)53)13-15-34(32)41(19-6-4-5-12-38(43)44)36(39)10-7-11-37-40(2,18-9-27-61(48,49)50)33-29-31(63(54,55)56)14-16-35(33)42(37)20-21-58-24-25-59-23-22-57-3/h7,10-11,13-16,28-29H,4-6,8-9,12,17-27H2,1-3H3,(H4-,43,44,45,46,47,48,49,50,51,52,53,54,55,56)/p+1. The highest BCUT2D eigenvalue weighted by atomic mass is 32.2. The third kappa shape index (κ3) is 14.2. The van der Waals surface area contributed by atoms with Crippen LogP contribution in [0.4, 0.5) is 11.4 Å². The lowest BCUT2D eigenvalue weighted by molar-refractivity contribution is -0.438. The number of carbonyl (C=O) groups is 1. The minimum atomic E-state index is -4.69. The number of allylic oxidation sites excluding steroid dienone is 4. The number of aliphatic carboxylic acids is 1. The van der Waals surface area contributed by atoms with E-state index in [2.05, 4.69) is 0 Å². The van der Waals surface area contributed by atoms with E-state index < -0.39 is 78.6 Å². The number of anilines is 1. The van der Waals surface area contributed by atoms with Gasteiger partial charge in [-0.1, -0.05) is 6.08 Å². The van der Waals surface area contributed by atoms with Gasteiger partial charge < -0.3 is 24.2 Å². The molecule has 19 nitrogen and oxygen atoms in total. The van der Waals surface area contributed by atoms with Crippen LogP contribution in [0.15, 0.2) is 70.1 Å². The molecule has 0 radical (unpaired) electrons. The van der Waals surface area contributed by atoms with Gasteiger partial charge in [0.25, 0.3) is 40.5 Å². The molecule has 2 atom stereocenters. The van der Waals surface area contributed by atoms with E-state index >= 15 is 0 Å². The van der Waals surface area contributed by atoms with E-state index in [0.29, 0.717) is 72.9 Å². The summed E-state index contributed by atoms with van der Waals surface area (Å²) in [7, 11) is -16.6. The summed E-state index contributed by atoms with van der Waals surface area (Å²) in [5, 5.41) is 9.18. The van der Waals surface area contributed by atoms with E-state index in [1.165, 1.54) is 36.4 Å². The Morgan fingerprint density at radius 3 is 1.84 bits per heavy atom. The number of hydrogen-bond acceptors (Lipinski definition) is 13. The zero-order valence-corrected chi connectivity index (χ0v) is 38.6. The molecule has 0 aromatic heterocycles. The van der Waals surface area contributed by atoms with Gasteiger partial charge in [0.05, 0.1) is 59.7 Å². The van der Waals surface area contributed by atoms with Crippen molar-refractivity contribution in [3.63, 3.8) is 0 Å². The van der Waals surface area contributed by atoms with Crippen molar-refractivity contribution in [1.82, 2.24) is 0 Å². The Balaban J connectivity index is 1.89. The maximum Gasteiger partial charge on any atom is 0.303 e. The lowest BCUT2D eigenvalue weighted by Crippen LogP contribution is -2.32. The molecule has 0 spiro atoms. The van der Waals surface area contributed by atoms with Gasteiger partial charge >= 0.3 is 5.97 Å². The predicted octanol–water partition coefficient (Wildman–Crippen LogP) is 4.41. The monoisotopic (exact) mass is 965 g/mol. The Kier molecular flexibility index (Phi) is 17.8. The molecule has 0 bridgehead atoms. The van der Waals surface area contributed by atoms with Crippen LogP contribution < -0.4 is 4.90 Å². The van der Waals surface area contributed by atoms with E-state index in [-0.39, 0.29) is 58.5 Å². The maximum atomic E-state index is 12.4. The second kappa shape index (κ2) is 21.6. The molecule has 4 rings (SSSR count). The molecule has 0 aliphatic carbocycles. The first-order valence-corrected chi connectivity index (χ1v) is 26.2. The number of ether oxygens (including phenoxy) is 3. The summed E-state index contributed by atoms with van der Waals surface area (Å²) in [6.07, 6.45) is 6.55. The molecule has 0 amide bonds. The minimum absolute atomic E-state index is 0.0491. The lowest BCUT2D eigenvalue weighted by Gasteiger charge is -2.30. The number of unbranched alkanes of at least 4 members (excludes halogenated alkanes) is 2. The van der Waals surface area contributed by atoms with Crippen LogP contribution in [0.25, 0.3) is 0 Å².